The highest BCUT2D eigenvalue weighted by molar-refractivity contribution is 5.97. The van der Waals surface area contributed by atoms with Crippen molar-refractivity contribution in [2.24, 2.45) is 35.3 Å². The van der Waals surface area contributed by atoms with E-state index in [0.29, 0.717) is 55.3 Å². The lowest BCUT2D eigenvalue weighted by Crippen LogP contribution is -2.60. The van der Waals surface area contributed by atoms with Crippen molar-refractivity contribution in [3.63, 3.8) is 0 Å². The number of rotatable bonds is 57. The number of hydrogen-bond acceptors (Lipinski definition) is 19. The van der Waals surface area contributed by atoms with E-state index in [9.17, 15) is 59.1 Å². The third-order valence-electron chi connectivity index (χ3n) is 21.3. The molecule has 6 amide bonds. The van der Waals surface area contributed by atoms with E-state index in [1.165, 1.54) is 109 Å². The summed E-state index contributed by atoms with van der Waals surface area (Å²) in [5, 5.41) is 76.5. The van der Waals surface area contributed by atoms with Gasteiger partial charge in [0, 0.05) is 51.0 Å². The highest BCUT2D eigenvalue weighted by Gasteiger charge is 2.51. The van der Waals surface area contributed by atoms with Crippen molar-refractivity contribution in [2.75, 3.05) is 38.7 Å². The molecule has 2 aliphatic carbocycles. The number of nitrogens with one attached hydrogen (secondary N) is 5. The first kappa shape index (κ1) is 89.6. The third-order valence-corrected chi connectivity index (χ3v) is 21.3. The number of ketones is 1. The molecule has 1 aromatic carbocycles. The van der Waals surface area contributed by atoms with Gasteiger partial charge in [0.1, 0.15) is 43.2 Å². The molecule has 5 unspecified atom stereocenters. The quantitative estimate of drug-likeness (QED) is 0.0166. The number of hydrogen-bond donors (Lipinski definition) is 11. The number of primary amides is 1. The Hall–Kier alpha value is -6.03. The predicted molar refractivity (Wildman–Crippen MR) is 401 cm³/mol. The largest absolute Gasteiger partial charge is 0.460 e. The van der Waals surface area contributed by atoms with Crippen LogP contribution < -0.4 is 32.3 Å². The van der Waals surface area contributed by atoms with E-state index in [4.69, 9.17) is 29.4 Å². The Balaban J connectivity index is 1.17. The zero-order valence-corrected chi connectivity index (χ0v) is 64.3. The molecule has 0 radical (unpaired) electrons. The average molecular weight is 1480 g/mol. The fourth-order valence-electron chi connectivity index (χ4n) is 14.7. The maximum atomic E-state index is 14.2. The van der Waals surface area contributed by atoms with E-state index >= 15 is 0 Å². The number of aliphatic hydroxyl groups is 5. The molecule has 0 bridgehead atoms. The van der Waals surface area contributed by atoms with Crippen molar-refractivity contribution in [1.29, 1.82) is 0 Å². The number of ether oxygens (including phenoxy) is 5. The number of unbranched alkanes of at least 4 members (excludes halogenated alkanes) is 26. The van der Waals surface area contributed by atoms with Crippen LogP contribution in [0.25, 0.3) is 0 Å². The van der Waals surface area contributed by atoms with Gasteiger partial charge in [-0.3, -0.25) is 19.2 Å². The Bertz CT molecular complexity index is 2780. The number of alkyl carbamates (subject to hydrolysis) is 2. The van der Waals surface area contributed by atoms with Crippen LogP contribution in [0.4, 0.5) is 20.1 Å². The van der Waals surface area contributed by atoms with Crippen LogP contribution in [0, 0.1) is 29.6 Å². The van der Waals surface area contributed by atoms with E-state index in [1.807, 2.05) is 4.68 Å². The Morgan fingerprint density at radius 1 is 0.667 bits per heavy atom. The van der Waals surface area contributed by atoms with Crippen molar-refractivity contribution < 1.29 is 82.8 Å². The average Bonchev–Trinajstić information content (AvgIpc) is 1.61. The molecule has 1 saturated carbocycles. The smallest absolute Gasteiger partial charge is 0.407 e. The van der Waals surface area contributed by atoms with Crippen molar-refractivity contribution >= 4 is 47.5 Å². The third kappa shape index (κ3) is 34.8. The Kier molecular flexibility index (Phi) is 44.5. The van der Waals surface area contributed by atoms with Gasteiger partial charge in [-0.25, -0.2) is 19.1 Å². The van der Waals surface area contributed by atoms with Crippen LogP contribution in [-0.4, -0.2) is 171 Å². The number of aryl methyl sites for hydroxylation is 2. The number of nitrogens with two attached hydrogens (primary N) is 1. The first-order chi connectivity index (χ1) is 50.8. The minimum atomic E-state index is -1.78. The number of aromatic nitrogens is 3. The van der Waals surface area contributed by atoms with Crippen LogP contribution in [0.1, 0.15) is 282 Å². The lowest BCUT2D eigenvalue weighted by atomic mass is 9.89. The van der Waals surface area contributed by atoms with Crippen molar-refractivity contribution in [3.05, 3.63) is 41.2 Å². The van der Waals surface area contributed by atoms with Gasteiger partial charge in [0.2, 0.25) is 11.8 Å². The van der Waals surface area contributed by atoms with E-state index in [2.05, 4.69) is 50.7 Å². The number of anilines is 1. The normalized spacial score (nSPS) is 20.6. The highest BCUT2D eigenvalue weighted by atomic mass is 16.7. The standard InChI is InChI=1S/C79H135N9O17/c1-6-8-10-12-14-16-18-20-21-22-24-26-28-30-32-39-69(92)104-66(37-31-29-27-25-23-19-17-15-13-11-9-7-2)71(93)63(54-101-76-74(96)73(95)72(94)67(51-89)105-76)84-78(99)102-52-56-40-42-58(43-41-56)83-75(97)57(36-35-48-82-77(80)98)50-65(90)70(55(3)4)85-79(100)103-53-61-59-44-46-62-64(47-45-60(59)61)88(87-86-62)49-34-33-38-68(91)81-5/h40-43,55,57,59-61,63,66-67,70-74,76,89,93-96H,6-39,44-54H2,1-5H3,(H,81,91)(H,83,97)(H,84,99)(H,85,100)(H3,80,82,98)/t57-,59?,60?,61?,63+,66-,67?,70+,71+,72+,73+,74?,76+/m1/s1. The summed E-state index contributed by atoms with van der Waals surface area (Å²) in [5.41, 5.74) is 8.28. The summed E-state index contributed by atoms with van der Waals surface area (Å²) >= 11 is 0. The molecular weight excluding hydrogens is 1350 g/mol. The molecule has 3 aliphatic rings. The first-order valence-electron chi connectivity index (χ1n) is 40.5. The van der Waals surface area contributed by atoms with Crippen LogP contribution in [-0.2, 0) is 68.9 Å². The summed E-state index contributed by atoms with van der Waals surface area (Å²) in [7, 11) is 1.63. The summed E-state index contributed by atoms with van der Waals surface area (Å²) in [4.78, 5) is 92.5. The van der Waals surface area contributed by atoms with E-state index in [-0.39, 0.29) is 69.0 Å². The van der Waals surface area contributed by atoms with Crippen molar-refractivity contribution in [2.45, 2.75) is 346 Å². The van der Waals surface area contributed by atoms with Crippen LogP contribution in [0.3, 0.4) is 0 Å². The second-order valence-corrected chi connectivity index (χ2v) is 30.1. The summed E-state index contributed by atoms with van der Waals surface area (Å²) < 4.78 is 31.0. The molecule has 1 saturated heterocycles. The minimum Gasteiger partial charge on any atom is -0.460 e. The monoisotopic (exact) mass is 1480 g/mol. The van der Waals surface area contributed by atoms with Crippen molar-refractivity contribution in [3.8, 4) is 0 Å². The molecule has 26 nitrogen and oxygen atoms in total. The van der Waals surface area contributed by atoms with Crippen molar-refractivity contribution in [1.82, 2.24) is 36.3 Å². The molecule has 598 valence electrons. The number of esters is 1. The van der Waals surface area contributed by atoms with Crippen LogP contribution in [0.2, 0.25) is 0 Å². The number of fused-ring (bicyclic) bond motifs is 2. The number of carbonyl (C=O) groups is 7. The van der Waals surface area contributed by atoms with Gasteiger partial charge in [0.15, 0.2) is 12.1 Å². The Morgan fingerprint density at radius 2 is 1.23 bits per heavy atom. The van der Waals surface area contributed by atoms with Gasteiger partial charge in [0.25, 0.3) is 0 Å². The lowest BCUT2D eigenvalue weighted by molar-refractivity contribution is -0.303. The molecule has 2 fully saturated rings. The molecule has 13 atom stereocenters. The number of benzene rings is 1. The molecule has 5 rings (SSSR count). The van der Waals surface area contributed by atoms with E-state index in [0.717, 1.165) is 101 Å². The SMILES string of the molecule is CCCCCCCCCCCCCCCCCC(=O)O[C@H](CCCCCCCCCCCCCC)[C@@H](O)[C@H](CO[C@H]1OC(CO)[C@H](O)[C@H](O)C1O)NC(=O)OCc1ccc(NC(=O)[C@H](CCCNC(N)=O)CC(=O)[C@@H](NC(=O)OCC2C3CCc4nnn(CCCCC(=O)NC)c4CCC32)C(C)C)cc1. The second-order valence-electron chi connectivity index (χ2n) is 30.1. The van der Waals surface area contributed by atoms with Gasteiger partial charge in [-0.2, -0.15) is 0 Å². The molecule has 0 spiro atoms. The fraction of sp³-hybridized carbons (Fsp3) is 0.810. The van der Waals surface area contributed by atoms with Gasteiger partial charge >= 0.3 is 24.2 Å². The molecule has 1 aromatic heterocycles. The van der Waals surface area contributed by atoms with Gasteiger partial charge in [-0.15, -0.1) is 5.10 Å². The number of Topliss-reactive ketones (excluding diaryl/α,β-unsaturated/α-hetero) is 1. The first-order valence-corrected chi connectivity index (χ1v) is 40.5. The molecular formula is C79H135N9O17. The highest BCUT2D eigenvalue weighted by Crippen LogP contribution is 2.53. The molecule has 105 heavy (non-hydrogen) atoms. The lowest BCUT2D eigenvalue weighted by Gasteiger charge is -2.40. The van der Waals surface area contributed by atoms with Crippen LogP contribution in [0.15, 0.2) is 24.3 Å². The van der Waals surface area contributed by atoms with Crippen LogP contribution in [0.5, 0.6) is 0 Å². The number of carbonyl (C=O) groups excluding carboxylic acids is 7. The van der Waals surface area contributed by atoms with Gasteiger partial charge in [-0.1, -0.05) is 206 Å². The van der Waals surface area contributed by atoms with E-state index < -0.39 is 104 Å². The van der Waals surface area contributed by atoms with E-state index in [1.54, 1.807) is 45.2 Å². The zero-order chi connectivity index (χ0) is 76.1. The van der Waals surface area contributed by atoms with Gasteiger partial charge in [-0.05, 0) is 112 Å². The Labute approximate surface area is 625 Å². The number of nitrogens with zero attached hydrogens (tertiary/aromatic N) is 3. The summed E-state index contributed by atoms with van der Waals surface area (Å²) in [5.74, 6) is -1.70. The molecule has 2 aromatic rings. The maximum Gasteiger partial charge on any atom is 0.407 e. The summed E-state index contributed by atoms with van der Waals surface area (Å²) in [6, 6.07) is 3.35. The fourth-order valence-corrected chi connectivity index (χ4v) is 14.7. The summed E-state index contributed by atoms with van der Waals surface area (Å²) in [6.45, 7) is 7.52. The topological polar surface area (TPSA) is 384 Å². The molecule has 2 heterocycles. The predicted octanol–water partition coefficient (Wildman–Crippen LogP) is 11.4. The van der Waals surface area contributed by atoms with Crippen LogP contribution >= 0.6 is 0 Å². The van der Waals surface area contributed by atoms with Gasteiger partial charge in [0.05, 0.1) is 43.3 Å². The zero-order valence-electron chi connectivity index (χ0n) is 64.3. The summed E-state index contributed by atoms with van der Waals surface area (Å²) in [6.07, 6.45) is 24.4. The van der Waals surface area contributed by atoms with Gasteiger partial charge < -0.3 is 81.5 Å². The molecule has 12 N–H and O–H groups in total. The Morgan fingerprint density at radius 3 is 1.80 bits per heavy atom. The second kappa shape index (κ2) is 52.1. The minimum absolute atomic E-state index is 0.0133. The molecule has 26 heteroatoms. The molecule has 1 aliphatic heterocycles. The number of amides is 6. The maximum absolute atomic E-state index is 14.2. The number of urea groups is 1. The number of aliphatic hydroxyl groups excluding tert-OH is 5.